The Bertz CT molecular complexity index is 178. The zero-order valence-corrected chi connectivity index (χ0v) is 9.27. The fraction of sp³-hybridized carbons (Fsp3) is 0.900. The average Bonchev–Trinajstić information content (AvgIpc) is 2.05. The Morgan fingerprint density at radius 3 is 2.15 bits per heavy atom. The maximum Gasteiger partial charge on any atom is 0.183 e. The third-order valence-corrected chi connectivity index (χ3v) is 2.62. The molecule has 0 heterocycles. The van der Waals surface area contributed by atoms with Crippen LogP contribution in [0.1, 0.15) is 46.0 Å². The summed E-state index contributed by atoms with van der Waals surface area (Å²) in [4.78, 5) is 0. The molecule has 0 spiro atoms. The maximum atomic E-state index is 9.11. The van der Waals surface area contributed by atoms with E-state index in [4.69, 9.17) is 5.26 Å². The lowest BCUT2D eigenvalue weighted by atomic mass is 9.82. The van der Waals surface area contributed by atoms with E-state index in [0.29, 0.717) is 6.04 Å². The second-order valence-corrected chi connectivity index (χ2v) is 4.24. The summed E-state index contributed by atoms with van der Waals surface area (Å²) < 4.78 is 0. The standard InChI is InChI=1S/C10H18N2.ClH/c1-9(2)12-10(8-11)6-4-3-5-7-10;/h9,12H,3-7H2,1-2H3;1H. The fourth-order valence-electron chi connectivity index (χ4n) is 2.14. The number of nitrogens with zero attached hydrogens (tertiary/aromatic N) is 1. The SMILES string of the molecule is CC(C)[NH2+]C1(C#N)CCCCC1.[Cl-]. The van der Waals surface area contributed by atoms with Gasteiger partial charge in [0.25, 0.3) is 0 Å². The molecule has 3 heteroatoms. The van der Waals surface area contributed by atoms with Gasteiger partial charge in [0, 0.05) is 12.8 Å². The van der Waals surface area contributed by atoms with Crippen molar-refractivity contribution in [2.75, 3.05) is 0 Å². The van der Waals surface area contributed by atoms with Crippen LogP contribution in [0, 0.1) is 11.3 Å². The van der Waals surface area contributed by atoms with Crippen LogP contribution in [0.25, 0.3) is 0 Å². The van der Waals surface area contributed by atoms with E-state index in [1.165, 1.54) is 19.3 Å². The van der Waals surface area contributed by atoms with Gasteiger partial charge in [-0.15, -0.1) is 0 Å². The highest BCUT2D eigenvalue weighted by Crippen LogP contribution is 2.24. The lowest BCUT2D eigenvalue weighted by Gasteiger charge is -2.29. The predicted octanol–water partition coefficient (Wildman–Crippen LogP) is -1.81. The van der Waals surface area contributed by atoms with E-state index in [0.717, 1.165) is 12.8 Å². The molecule has 2 nitrogen and oxygen atoms in total. The average molecular weight is 203 g/mol. The van der Waals surface area contributed by atoms with Crippen LogP contribution >= 0.6 is 0 Å². The lowest BCUT2D eigenvalue weighted by molar-refractivity contribution is -0.741. The molecule has 1 aliphatic carbocycles. The molecule has 0 aromatic heterocycles. The molecule has 0 atom stereocenters. The smallest absolute Gasteiger partial charge is 0.183 e. The van der Waals surface area contributed by atoms with Gasteiger partial charge < -0.3 is 17.7 Å². The van der Waals surface area contributed by atoms with Crippen molar-refractivity contribution in [2.45, 2.75) is 57.5 Å². The van der Waals surface area contributed by atoms with Crippen molar-refractivity contribution in [3.05, 3.63) is 0 Å². The molecular formula is C10H19ClN2. The molecule has 0 radical (unpaired) electrons. The minimum atomic E-state index is -0.0770. The Kier molecular flexibility index (Phi) is 5.36. The van der Waals surface area contributed by atoms with Crippen molar-refractivity contribution in [1.29, 1.82) is 5.26 Å². The topological polar surface area (TPSA) is 40.4 Å². The summed E-state index contributed by atoms with van der Waals surface area (Å²) in [5.41, 5.74) is -0.0770. The summed E-state index contributed by atoms with van der Waals surface area (Å²) in [5.74, 6) is 0. The first-order valence-corrected chi connectivity index (χ1v) is 4.96. The van der Waals surface area contributed by atoms with Crippen LogP contribution in [0.5, 0.6) is 0 Å². The highest BCUT2D eigenvalue weighted by Gasteiger charge is 2.36. The van der Waals surface area contributed by atoms with Gasteiger partial charge >= 0.3 is 0 Å². The van der Waals surface area contributed by atoms with Crippen molar-refractivity contribution in [3.63, 3.8) is 0 Å². The van der Waals surface area contributed by atoms with Crippen LogP contribution in [0.2, 0.25) is 0 Å². The van der Waals surface area contributed by atoms with Gasteiger partial charge in [-0.1, -0.05) is 6.42 Å². The molecule has 13 heavy (non-hydrogen) atoms. The van der Waals surface area contributed by atoms with Gasteiger partial charge in [-0.3, -0.25) is 0 Å². The quantitative estimate of drug-likeness (QED) is 0.564. The number of nitriles is 1. The summed E-state index contributed by atoms with van der Waals surface area (Å²) in [6.45, 7) is 4.32. The van der Waals surface area contributed by atoms with Crippen molar-refractivity contribution < 1.29 is 17.7 Å². The molecule has 1 aliphatic rings. The lowest BCUT2D eigenvalue weighted by Crippen LogP contribution is -3.00. The van der Waals surface area contributed by atoms with E-state index in [2.05, 4.69) is 25.2 Å². The highest BCUT2D eigenvalue weighted by atomic mass is 35.5. The second-order valence-electron chi connectivity index (χ2n) is 4.24. The molecular weight excluding hydrogens is 184 g/mol. The van der Waals surface area contributed by atoms with Crippen molar-refractivity contribution >= 4 is 0 Å². The summed E-state index contributed by atoms with van der Waals surface area (Å²) in [6, 6.07) is 3.04. The van der Waals surface area contributed by atoms with E-state index < -0.39 is 0 Å². The molecule has 2 N–H and O–H groups in total. The molecule has 0 aromatic carbocycles. The van der Waals surface area contributed by atoms with E-state index in [9.17, 15) is 0 Å². The summed E-state index contributed by atoms with van der Waals surface area (Å²) in [6.07, 6.45) is 5.95. The van der Waals surface area contributed by atoms with E-state index in [1.807, 2.05) is 0 Å². The molecule has 1 saturated carbocycles. The van der Waals surface area contributed by atoms with Gasteiger partial charge in [0.15, 0.2) is 5.54 Å². The Balaban J connectivity index is 0.00000144. The molecule has 0 aliphatic heterocycles. The van der Waals surface area contributed by atoms with Crippen LogP contribution in [0.15, 0.2) is 0 Å². The number of halogens is 1. The molecule has 0 saturated heterocycles. The normalized spacial score (nSPS) is 20.5. The molecule has 0 bridgehead atoms. The van der Waals surface area contributed by atoms with Crippen LogP contribution in [0.3, 0.4) is 0 Å². The van der Waals surface area contributed by atoms with E-state index in [1.54, 1.807) is 0 Å². The third kappa shape index (κ3) is 3.54. The van der Waals surface area contributed by atoms with Crippen LogP contribution in [0.4, 0.5) is 0 Å². The zero-order valence-electron chi connectivity index (χ0n) is 8.52. The zero-order chi connectivity index (χ0) is 9.03. The van der Waals surface area contributed by atoms with Gasteiger partial charge in [0.05, 0.1) is 6.04 Å². The molecule has 0 amide bonds. The number of hydrogen-bond donors (Lipinski definition) is 1. The molecule has 0 aromatic rings. The predicted molar refractivity (Wildman–Crippen MR) is 48.5 cm³/mol. The van der Waals surface area contributed by atoms with Crippen LogP contribution < -0.4 is 17.7 Å². The number of hydrogen-bond acceptors (Lipinski definition) is 1. The fourth-order valence-corrected chi connectivity index (χ4v) is 2.14. The number of nitrogens with two attached hydrogens (primary N) is 1. The van der Waals surface area contributed by atoms with Crippen molar-refractivity contribution in [3.8, 4) is 6.07 Å². The first kappa shape index (κ1) is 12.7. The Hall–Kier alpha value is -0.260. The van der Waals surface area contributed by atoms with Crippen LogP contribution in [-0.2, 0) is 0 Å². The van der Waals surface area contributed by atoms with Crippen molar-refractivity contribution in [2.24, 2.45) is 0 Å². The molecule has 76 valence electrons. The van der Waals surface area contributed by atoms with Gasteiger partial charge in [0.1, 0.15) is 6.07 Å². The van der Waals surface area contributed by atoms with E-state index in [-0.39, 0.29) is 17.9 Å². The van der Waals surface area contributed by atoms with Crippen LogP contribution in [-0.4, -0.2) is 11.6 Å². The van der Waals surface area contributed by atoms with Gasteiger partial charge in [-0.25, -0.2) is 0 Å². The summed E-state index contributed by atoms with van der Waals surface area (Å²) in [5, 5.41) is 11.4. The summed E-state index contributed by atoms with van der Waals surface area (Å²) >= 11 is 0. The molecule has 1 rings (SSSR count). The Morgan fingerprint density at radius 2 is 1.77 bits per heavy atom. The van der Waals surface area contributed by atoms with E-state index >= 15 is 0 Å². The van der Waals surface area contributed by atoms with Crippen molar-refractivity contribution in [1.82, 2.24) is 0 Å². The first-order chi connectivity index (χ1) is 5.68. The third-order valence-electron chi connectivity index (χ3n) is 2.62. The minimum Gasteiger partial charge on any atom is -1.00 e. The monoisotopic (exact) mass is 202 g/mol. The largest absolute Gasteiger partial charge is 1.00 e. The van der Waals surface area contributed by atoms with Gasteiger partial charge in [-0.05, 0) is 26.7 Å². The first-order valence-electron chi connectivity index (χ1n) is 4.96. The summed E-state index contributed by atoms with van der Waals surface area (Å²) in [7, 11) is 0. The Labute approximate surface area is 87.1 Å². The molecule has 0 unspecified atom stereocenters. The van der Waals surface area contributed by atoms with Gasteiger partial charge in [-0.2, -0.15) is 5.26 Å². The number of quaternary nitrogens is 1. The second kappa shape index (κ2) is 5.47. The molecule has 1 fully saturated rings. The van der Waals surface area contributed by atoms with Gasteiger partial charge in [0.2, 0.25) is 0 Å². The number of rotatable bonds is 2. The highest BCUT2D eigenvalue weighted by molar-refractivity contribution is 5.00. The maximum absolute atomic E-state index is 9.11. The minimum absolute atomic E-state index is 0. The Morgan fingerprint density at radius 1 is 1.23 bits per heavy atom.